The molecule has 3 rings (SSSR count). The van der Waals surface area contributed by atoms with Crippen LogP contribution in [-0.4, -0.2) is 49.2 Å². The van der Waals surface area contributed by atoms with Crippen LogP contribution in [0.2, 0.25) is 0 Å². The summed E-state index contributed by atoms with van der Waals surface area (Å²) in [5, 5.41) is 18.1. The standard InChI is InChI=1S/C28H39N5O3/c1-3-25-24(19-31-28(35)21-11-9-20(10-12-21)8-6-5-7-15-34)26(32-22-13-16-36-17-14-22)23(18-29)27(33-25)30-4-2/h9-12,15,18,22,29H,3-8,13-14,16-17,19H2,1-2H3,(H,31,35)(H2,30,32,33). The highest BCUT2D eigenvalue weighted by Gasteiger charge is 2.22. The van der Waals surface area contributed by atoms with Gasteiger partial charge in [0.05, 0.1) is 11.3 Å². The van der Waals surface area contributed by atoms with Crippen molar-refractivity contribution in [2.45, 2.75) is 71.4 Å². The summed E-state index contributed by atoms with van der Waals surface area (Å²) in [7, 11) is 0. The van der Waals surface area contributed by atoms with E-state index in [4.69, 9.17) is 15.1 Å². The first-order chi connectivity index (χ1) is 17.6. The van der Waals surface area contributed by atoms with Crippen molar-refractivity contribution in [2.24, 2.45) is 0 Å². The molecule has 0 spiro atoms. The number of pyridine rings is 1. The van der Waals surface area contributed by atoms with E-state index in [2.05, 4.69) is 22.9 Å². The topological polar surface area (TPSA) is 116 Å². The van der Waals surface area contributed by atoms with E-state index < -0.39 is 0 Å². The number of hydrogen-bond donors (Lipinski definition) is 4. The van der Waals surface area contributed by atoms with Crippen molar-refractivity contribution in [3.63, 3.8) is 0 Å². The van der Waals surface area contributed by atoms with E-state index in [1.807, 2.05) is 31.2 Å². The molecule has 0 bridgehead atoms. The molecule has 1 amide bonds. The molecule has 4 N–H and O–H groups in total. The average molecular weight is 494 g/mol. The van der Waals surface area contributed by atoms with Crippen LogP contribution in [0.15, 0.2) is 24.3 Å². The Hall–Kier alpha value is -3.26. The fraction of sp³-hybridized carbons (Fsp3) is 0.500. The number of aldehydes is 1. The maximum Gasteiger partial charge on any atom is 0.251 e. The molecule has 36 heavy (non-hydrogen) atoms. The molecule has 1 aliphatic rings. The Balaban J connectivity index is 1.79. The van der Waals surface area contributed by atoms with Crippen LogP contribution in [0.3, 0.4) is 0 Å². The van der Waals surface area contributed by atoms with Gasteiger partial charge in [0.25, 0.3) is 5.91 Å². The predicted octanol–water partition coefficient (Wildman–Crippen LogP) is 4.51. The van der Waals surface area contributed by atoms with Crippen LogP contribution in [0.5, 0.6) is 0 Å². The summed E-state index contributed by atoms with van der Waals surface area (Å²) in [6, 6.07) is 7.90. The highest BCUT2D eigenvalue weighted by molar-refractivity contribution is 5.95. The fourth-order valence-electron chi connectivity index (χ4n) is 4.47. The fourth-order valence-corrected chi connectivity index (χ4v) is 4.47. The first-order valence-electron chi connectivity index (χ1n) is 13.1. The summed E-state index contributed by atoms with van der Waals surface area (Å²) in [6.07, 6.45) is 8.12. The minimum atomic E-state index is -0.145. The van der Waals surface area contributed by atoms with Crippen LogP contribution >= 0.6 is 0 Å². The molecule has 0 aliphatic carbocycles. The maximum atomic E-state index is 13.0. The van der Waals surface area contributed by atoms with Crippen molar-refractivity contribution >= 4 is 29.9 Å². The summed E-state index contributed by atoms with van der Waals surface area (Å²) in [5.41, 5.74) is 5.16. The van der Waals surface area contributed by atoms with Crippen molar-refractivity contribution < 1.29 is 14.3 Å². The zero-order chi connectivity index (χ0) is 25.8. The molecule has 1 saturated heterocycles. The molecule has 0 unspecified atom stereocenters. The number of nitrogens with one attached hydrogen (secondary N) is 4. The molecule has 1 aromatic heterocycles. The lowest BCUT2D eigenvalue weighted by molar-refractivity contribution is -0.107. The van der Waals surface area contributed by atoms with Crippen LogP contribution in [0.25, 0.3) is 0 Å². The van der Waals surface area contributed by atoms with Crippen LogP contribution < -0.4 is 16.0 Å². The number of aryl methyl sites for hydroxylation is 2. The molecule has 1 aromatic carbocycles. The lowest BCUT2D eigenvalue weighted by atomic mass is 10.0. The van der Waals surface area contributed by atoms with Gasteiger partial charge in [0, 0.05) is 61.8 Å². The number of benzene rings is 1. The Morgan fingerprint density at radius 2 is 1.92 bits per heavy atom. The minimum absolute atomic E-state index is 0.145. The molecule has 1 aliphatic heterocycles. The number of aromatic nitrogens is 1. The number of carbonyl (C=O) groups excluding carboxylic acids is 2. The SMILES string of the molecule is CCNc1nc(CC)c(CNC(=O)c2ccc(CCCCC=O)cc2)c(NC2CCOCC2)c1C=N. The number of unbranched alkanes of at least 4 members (excludes halogenated alkanes) is 2. The first kappa shape index (κ1) is 27.3. The van der Waals surface area contributed by atoms with E-state index >= 15 is 0 Å². The zero-order valence-corrected chi connectivity index (χ0v) is 21.5. The lowest BCUT2D eigenvalue weighted by Gasteiger charge is -2.28. The van der Waals surface area contributed by atoms with Crippen molar-refractivity contribution in [2.75, 3.05) is 30.4 Å². The molecule has 0 atom stereocenters. The second-order valence-electron chi connectivity index (χ2n) is 9.03. The van der Waals surface area contributed by atoms with E-state index in [0.717, 1.165) is 60.9 Å². The van der Waals surface area contributed by atoms with Gasteiger partial charge >= 0.3 is 0 Å². The number of rotatable bonds is 14. The van der Waals surface area contributed by atoms with Gasteiger partial charge in [-0.2, -0.15) is 0 Å². The van der Waals surface area contributed by atoms with E-state index in [1.165, 1.54) is 6.21 Å². The molecule has 0 radical (unpaired) electrons. The third-order valence-corrected chi connectivity index (χ3v) is 6.49. The highest BCUT2D eigenvalue weighted by atomic mass is 16.5. The molecular formula is C28H39N5O3. The molecule has 2 aromatic rings. The molecule has 8 nitrogen and oxygen atoms in total. The van der Waals surface area contributed by atoms with E-state index in [9.17, 15) is 9.59 Å². The molecule has 1 fully saturated rings. The molecule has 0 saturated carbocycles. The number of anilines is 2. The minimum Gasteiger partial charge on any atom is -0.381 e. The van der Waals surface area contributed by atoms with Gasteiger partial charge in [0.1, 0.15) is 12.1 Å². The molecule has 2 heterocycles. The smallest absolute Gasteiger partial charge is 0.251 e. The van der Waals surface area contributed by atoms with Crippen LogP contribution in [0.1, 0.15) is 78.7 Å². The van der Waals surface area contributed by atoms with Gasteiger partial charge in [-0.1, -0.05) is 19.1 Å². The van der Waals surface area contributed by atoms with Crippen molar-refractivity contribution in [1.82, 2.24) is 10.3 Å². The van der Waals surface area contributed by atoms with Crippen molar-refractivity contribution in [1.29, 1.82) is 5.41 Å². The monoisotopic (exact) mass is 493 g/mol. The van der Waals surface area contributed by atoms with Crippen LogP contribution in [-0.2, 0) is 28.9 Å². The molecule has 194 valence electrons. The Kier molecular flexibility index (Phi) is 10.9. The van der Waals surface area contributed by atoms with Gasteiger partial charge < -0.3 is 30.9 Å². The van der Waals surface area contributed by atoms with Gasteiger partial charge in [-0.25, -0.2) is 4.98 Å². The number of hydrogen-bond acceptors (Lipinski definition) is 7. The average Bonchev–Trinajstić information content (AvgIpc) is 2.91. The number of nitrogens with zero attached hydrogens (tertiary/aromatic N) is 1. The van der Waals surface area contributed by atoms with Crippen LogP contribution in [0.4, 0.5) is 11.5 Å². The third-order valence-electron chi connectivity index (χ3n) is 6.49. The van der Waals surface area contributed by atoms with Gasteiger partial charge in [-0.15, -0.1) is 0 Å². The summed E-state index contributed by atoms with van der Waals surface area (Å²) in [5.74, 6) is 0.548. The quantitative estimate of drug-likeness (QED) is 0.175. The van der Waals surface area contributed by atoms with E-state index in [1.54, 1.807) is 0 Å². The third kappa shape index (κ3) is 7.37. The van der Waals surface area contributed by atoms with Gasteiger partial charge in [0.15, 0.2) is 0 Å². The molecule has 8 heteroatoms. The Morgan fingerprint density at radius 1 is 1.17 bits per heavy atom. The van der Waals surface area contributed by atoms with Crippen molar-refractivity contribution in [3.8, 4) is 0 Å². The van der Waals surface area contributed by atoms with Crippen molar-refractivity contribution in [3.05, 3.63) is 52.2 Å². The summed E-state index contributed by atoms with van der Waals surface area (Å²) >= 11 is 0. The second kappa shape index (κ2) is 14.3. The largest absolute Gasteiger partial charge is 0.381 e. The molecular weight excluding hydrogens is 454 g/mol. The number of carbonyl (C=O) groups is 2. The van der Waals surface area contributed by atoms with Crippen LogP contribution in [0, 0.1) is 5.41 Å². The summed E-state index contributed by atoms with van der Waals surface area (Å²) in [4.78, 5) is 28.3. The Morgan fingerprint density at radius 3 is 2.56 bits per heavy atom. The van der Waals surface area contributed by atoms with Gasteiger partial charge in [-0.05, 0) is 63.1 Å². The maximum absolute atomic E-state index is 13.0. The number of ether oxygens (including phenoxy) is 1. The number of amides is 1. The zero-order valence-electron chi connectivity index (χ0n) is 21.5. The van der Waals surface area contributed by atoms with Gasteiger partial charge in [0.2, 0.25) is 0 Å². The van der Waals surface area contributed by atoms with E-state index in [-0.39, 0.29) is 11.9 Å². The Labute approximate surface area is 214 Å². The van der Waals surface area contributed by atoms with E-state index in [0.29, 0.717) is 56.1 Å². The highest BCUT2D eigenvalue weighted by Crippen LogP contribution is 2.31. The Bertz CT molecular complexity index is 1020. The second-order valence-corrected chi connectivity index (χ2v) is 9.03. The first-order valence-corrected chi connectivity index (χ1v) is 13.1. The summed E-state index contributed by atoms with van der Waals surface area (Å²) < 4.78 is 5.52. The normalized spacial score (nSPS) is 13.7. The predicted molar refractivity (Wildman–Crippen MR) is 144 cm³/mol. The summed E-state index contributed by atoms with van der Waals surface area (Å²) in [6.45, 7) is 6.51. The lowest BCUT2D eigenvalue weighted by Crippen LogP contribution is -2.31. The van der Waals surface area contributed by atoms with Gasteiger partial charge in [-0.3, -0.25) is 4.79 Å².